The predicted molar refractivity (Wildman–Crippen MR) is 83.9 cm³/mol. The molecule has 4 rings (SSSR count). The molecule has 1 atom stereocenters. The molecule has 4 heteroatoms. The Balaban J connectivity index is 1.87. The highest BCUT2D eigenvalue weighted by atomic mass is 16.6. The molecule has 2 aromatic carbocycles. The quantitative estimate of drug-likeness (QED) is 0.812. The molecule has 22 heavy (non-hydrogen) atoms. The lowest BCUT2D eigenvalue weighted by Gasteiger charge is -2.22. The number of amides is 1. The second kappa shape index (κ2) is 4.77. The van der Waals surface area contributed by atoms with E-state index in [2.05, 4.69) is 0 Å². The molecule has 2 heterocycles. The SMILES string of the molecule is Cc1cc2c(cc1C1C(=O)N(C)c3ccccc31)OCCO2. The van der Waals surface area contributed by atoms with Crippen molar-refractivity contribution in [2.45, 2.75) is 12.8 Å². The van der Waals surface area contributed by atoms with Crippen LogP contribution in [-0.2, 0) is 4.79 Å². The van der Waals surface area contributed by atoms with Crippen molar-refractivity contribution in [3.8, 4) is 11.5 Å². The number of carbonyl (C=O) groups excluding carboxylic acids is 1. The third-order valence-electron chi connectivity index (χ3n) is 4.43. The van der Waals surface area contributed by atoms with Crippen molar-refractivity contribution in [3.63, 3.8) is 0 Å². The Morgan fingerprint density at radius 1 is 1.05 bits per heavy atom. The van der Waals surface area contributed by atoms with Crippen LogP contribution in [0.15, 0.2) is 36.4 Å². The van der Waals surface area contributed by atoms with E-state index in [1.165, 1.54) is 0 Å². The molecule has 0 bridgehead atoms. The molecule has 1 unspecified atom stereocenters. The van der Waals surface area contributed by atoms with Crippen LogP contribution >= 0.6 is 0 Å². The van der Waals surface area contributed by atoms with Gasteiger partial charge in [-0.25, -0.2) is 0 Å². The number of aryl methyl sites for hydroxylation is 1. The standard InChI is InChI=1S/C18H17NO3/c1-11-9-15-16(22-8-7-21-15)10-13(11)17-12-5-3-4-6-14(12)19(2)18(17)20/h3-6,9-10,17H,7-8H2,1-2H3. The predicted octanol–water partition coefficient (Wildman–Crippen LogP) is 2.87. The van der Waals surface area contributed by atoms with Crippen LogP contribution in [0.25, 0.3) is 0 Å². The van der Waals surface area contributed by atoms with Crippen LogP contribution in [0, 0.1) is 6.92 Å². The fourth-order valence-electron chi connectivity index (χ4n) is 3.30. The van der Waals surface area contributed by atoms with Crippen LogP contribution in [0.5, 0.6) is 11.5 Å². The molecule has 0 saturated heterocycles. The number of nitrogens with zero attached hydrogens (tertiary/aromatic N) is 1. The molecule has 2 aliphatic heterocycles. The van der Waals surface area contributed by atoms with Crippen LogP contribution in [0.2, 0.25) is 0 Å². The minimum atomic E-state index is -0.267. The van der Waals surface area contributed by atoms with Crippen LogP contribution in [0.1, 0.15) is 22.6 Å². The van der Waals surface area contributed by atoms with E-state index in [4.69, 9.17) is 9.47 Å². The zero-order valence-electron chi connectivity index (χ0n) is 12.6. The van der Waals surface area contributed by atoms with Gasteiger partial charge < -0.3 is 14.4 Å². The maximum absolute atomic E-state index is 12.7. The molecule has 1 amide bonds. The summed E-state index contributed by atoms with van der Waals surface area (Å²) >= 11 is 0. The van der Waals surface area contributed by atoms with Crippen molar-refractivity contribution in [3.05, 3.63) is 53.1 Å². The number of fused-ring (bicyclic) bond motifs is 2. The van der Waals surface area contributed by atoms with Gasteiger partial charge in [-0.05, 0) is 41.8 Å². The zero-order chi connectivity index (χ0) is 15.3. The number of benzene rings is 2. The van der Waals surface area contributed by atoms with Gasteiger partial charge in [0.1, 0.15) is 13.2 Å². The zero-order valence-corrected chi connectivity index (χ0v) is 12.6. The monoisotopic (exact) mass is 295 g/mol. The third kappa shape index (κ3) is 1.80. The van der Waals surface area contributed by atoms with Gasteiger partial charge in [0.15, 0.2) is 11.5 Å². The molecule has 2 aromatic rings. The minimum Gasteiger partial charge on any atom is -0.486 e. The molecular formula is C18H17NO3. The van der Waals surface area contributed by atoms with Gasteiger partial charge in [0.05, 0.1) is 5.92 Å². The average Bonchev–Trinajstić information content (AvgIpc) is 2.79. The first-order valence-corrected chi connectivity index (χ1v) is 7.43. The molecule has 0 spiro atoms. The maximum Gasteiger partial charge on any atom is 0.238 e. The number of para-hydroxylation sites is 1. The second-order valence-corrected chi connectivity index (χ2v) is 5.74. The van der Waals surface area contributed by atoms with Crippen molar-refractivity contribution in [2.75, 3.05) is 25.2 Å². The van der Waals surface area contributed by atoms with Crippen molar-refractivity contribution in [2.24, 2.45) is 0 Å². The molecule has 4 nitrogen and oxygen atoms in total. The highest BCUT2D eigenvalue weighted by Crippen LogP contribution is 2.44. The Kier molecular flexibility index (Phi) is 2.86. The fraction of sp³-hybridized carbons (Fsp3) is 0.278. The summed E-state index contributed by atoms with van der Waals surface area (Å²) in [7, 11) is 1.83. The summed E-state index contributed by atoms with van der Waals surface area (Å²) in [6.07, 6.45) is 0. The highest BCUT2D eigenvalue weighted by molar-refractivity contribution is 6.06. The molecule has 0 N–H and O–H groups in total. The smallest absolute Gasteiger partial charge is 0.238 e. The van der Waals surface area contributed by atoms with Gasteiger partial charge in [0, 0.05) is 12.7 Å². The van der Waals surface area contributed by atoms with Crippen molar-refractivity contribution < 1.29 is 14.3 Å². The van der Waals surface area contributed by atoms with Gasteiger partial charge >= 0.3 is 0 Å². The van der Waals surface area contributed by atoms with Crippen molar-refractivity contribution >= 4 is 11.6 Å². The van der Waals surface area contributed by atoms with Crippen molar-refractivity contribution in [1.29, 1.82) is 0 Å². The van der Waals surface area contributed by atoms with Gasteiger partial charge in [0.2, 0.25) is 5.91 Å². The topological polar surface area (TPSA) is 38.8 Å². The molecule has 112 valence electrons. The number of rotatable bonds is 1. The largest absolute Gasteiger partial charge is 0.486 e. The Morgan fingerprint density at radius 2 is 1.73 bits per heavy atom. The van der Waals surface area contributed by atoms with E-state index in [1.807, 2.05) is 50.4 Å². The van der Waals surface area contributed by atoms with E-state index in [-0.39, 0.29) is 11.8 Å². The number of anilines is 1. The Morgan fingerprint density at radius 3 is 2.50 bits per heavy atom. The summed E-state index contributed by atoms with van der Waals surface area (Å²) in [5, 5.41) is 0. The number of ether oxygens (including phenoxy) is 2. The Hall–Kier alpha value is -2.49. The summed E-state index contributed by atoms with van der Waals surface area (Å²) in [6.45, 7) is 3.13. The molecule has 0 saturated carbocycles. The lowest BCUT2D eigenvalue weighted by atomic mass is 9.89. The first-order chi connectivity index (χ1) is 10.7. The van der Waals surface area contributed by atoms with Crippen LogP contribution in [0.4, 0.5) is 5.69 Å². The first-order valence-electron chi connectivity index (χ1n) is 7.43. The maximum atomic E-state index is 12.7. The van der Waals surface area contributed by atoms with Gasteiger partial charge in [-0.1, -0.05) is 18.2 Å². The summed E-state index contributed by atoms with van der Waals surface area (Å²) in [6, 6.07) is 11.9. The molecular weight excluding hydrogens is 278 g/mol. The number of carbonyl (C=O) groups is 1. The number of hydrogen-bond acceptors (Lipinski definition) is 3. The summed E-state index contributed by atoms with van der Waals surface area (Å²) < 4.78 is 11.3. The van der Waals surface area contributed by atoms with Crippen LogP contribution in [0.3, 0.4) is 0 Å². The van der Waals surface area contributed by atoms with Gasteiger partial charge in [0.25, 0.3) is 0 Å². The molecule has 0 aliphatic carbocycles. The molecule has 0 aromatic heterocycles. The summed E-state index contributed by atoms with van der Waals surface area (Å²) in [4.78, 5) is 14.5. The normalized spacial score (nSPS) is 19.3. The molecule has 2 aliphatic rings. The lowest BCUT2D eigenvalue weighted by molar-refractivity contribution is -0.118. The first kappa shape index (κ1) is 13.2. The highest BCUT2D eigenvalue weighted by Gasteiger charge is 2.37. The van der Waals surface area contributed by atoms with Crippen molar-refractivity contribution in [1.82, 2.24) is 0 Å². The minimum absolute atomic E-state index is 0.0981. The van der Waals surface area contributed by atoms with E-state index in [9.17, 15) is 4.79 Å². The fourth-order valence-corrected chi connectivity index (χ4v) is 3.30. The lowest BCUT2D eigenvalue weighted by Crippen LogP contribution is -2.25. The van der Waals surface area contributed by atoms with Crippen LogP contribution in [-0.4, -0.2) is 26.2 Å². The molecule has 0 radical (unpaired) electrons. The second-order valence-electron chi connectivity index (χ2n) is 5.74. The van der Waals surface area contributed by atoms with Gasteiger partial charge in [-0.15, -0.1) is 0 Å². The van der Waals surface area contributed by atoms with E-state index < -0.39 is 0 Å². The Bertz CT molecular complexity index is 769. The third-order valence-corrected chi connectivity index (χ3v) is 4.43. The Labute approximate surface area is 129 Å². The number of likely N-dealkylation sites (N-methyl/N-ethyl adjacent to an activating group) is 1. The van der Waals surface area contributed by atoms with E-state index in [0.29, 0.717) is 13.2 Å². The summed E-state index contributed by atoms with van der Waals surface area (Å²) in [5.74, 6) is 1.32. The summed E-state index contributed by atoms with van der Waals surface area (Å²) in [5.41, 5.74) is 4.07. The van der Waals surface area contributed by atoms with Gasteiger partial charge in [-0.2, -0.15) is 0 Å². The van der Waals surface area contributed by atoms with E-state index in [1.54, 1.807) is 4.90 Å². The van der Waals surface area contributed by atoms with E-state index >= 15 is 0 Å². The van der Waals surface area contributed by atoms with E-state index in [0.717, 1.165) is 33.9 Å². The van der Waals surface area contributed by atoms with Gasteiger partial charge in [-0.3, -0.25) is 4.79 Å². The molecule has 0 fully saturated rings. The average molecular weight is 295 g/mol. The van der Waals surface area contributed by atoms with Crippen LogP contribution < -0.4 is 14.4 Å². The number of hydrogen-bond donors (Lipinski definition) is 0.